The minimum atomic E-state index is -0.319. The summed E-state index contributed by atoms with van der Waals surface area (Å²) >= 11 is 0. The zero-order chi connectivity index (χ0) is 22.1. The summed E-state index contributed by atoms with van der Waals surface area (Å²) in [6.45, 7) is 0. The van der Waals surface area contributed by atoms with Gasteiger partial charge in [0.25, 0.3) is 5.91 Å². The average Bonchev–Trinajstić information content (AvgIpc) is 3.22. The summed E-state index contributed by atoms with van der Waals surface area (Å²) in [7, 11) is 0. The number of fused-ring (bicyclic) bond motifs is 1. The van der Waals surface area contributed by atoms with E-state index in [1.54, 1.807) is 48.8 Å². The molecule has 160 valence electrons. The van der Waals surface area contributed by atoms with Gasteiger partial charge in [-0.05, 0) is 78.4 Å². The number of halogens is 2. The second kappa shape index (κ2) is 8.46. The highest BCUT2D eigenvalue weighted by molar-refractivity contribution is 6.09. The van der Waals surface area contributed by atoms with E-state index < -0.39 is 0 Å². The van der Waals surface area contributed by atoms with Crippen molar-refractivity contribution in [2.24, 2.45) is 11.0 Å². The number of hydrazone groups is 1. The van der Waals surface area contributed by atoms with Gasteiger partial charge in [0.15, 0.2) is 0 Å². The van der Waals surface area contributed by atoms with Gasteiger partial charge >= 0.3 is 0 Å². The summed E-state index contributed by atoms with van der Waals surface area (Å²) in [6.07, 6.45) is 7.84. The topological polar surface area (TPSA) is 45.6 Å². The number of carbonyl (C=O) groups is 1. The first-order valence-corrected chi connectivity index (χ1v) is 10.6. The van der Waals surface area contributed by atoms with Gasteiger partial charge in [0.2, 0.25) is 0 Å². The van der Waals surface area contributed by atoms with Crippen molar-refractivity contribution in [1.82, 2.24) is 9.99 Å². The van der Waals surface area contributed by atoms with Crippen LogP contribution in [0.1, 0.15) is 46.8 Å². The van der Waals surface area contributed by atoms with E-state index in [0.29, 0.717) is 5.56 Å². The highest BCUT2D eigenvalue weighted by Gasteiger charge is 2.43. The molecule has 0 N–H and O–H groups in total. The number of hydrogen-bond donors (Lipinski definition) is 0. The van der Waals surface area contributed by atoms with Crippen LogP contribution in [-0.2, 0) is 0 Å². The summed E-state index contributed by atoms with van der Waals surface area (Å²) in [4.78, 5) is 17.4. The van der Waals surface area contributed by atoms with Crippen LogP contribution in [0.5, 0.6) is 0 Å². The molecule has 2 aliphatic rings. The van der Waals surface area contributed by atoms with Gasteiger partial charge in [-0.3, -0.25) is 9.78 Å². The van der Waals surface area contributed by atoms with E-state index in [1.165, 1.54) is 29.3 Å². The van der Waals surface area contributed by atoms with Crippen LogP contribution in [0.25, 0.3) is 6.08 Å². The van der Waals surface area contributed by atoms with Crippen molar-refractivity contribution in [3.8, 4) is 0 Å². The molecule has 2 atom stereocenters. The van der Waals surface area contributed by atoms with E-state index in [9.17, 15) is 13.6 Å². The number of rotatable bonds is 3. The second-order valence-corrected chi connectivity index (χ2v) is 8.09. The van der Waals surface area contributed by atoms with Gasteiger partial charge in [0.05, 0.1) is 11.8 Å². The van der Waals surface area contributed by atoms with Gasteiger partial charge in [0.1, 0.15) is 11.6 Å². The van der Waals surface area contributed by atoms with Crippen molar-refractivity contribution in [2.75, 3.05) is 0 Å². The summed E-state index contributed by atoms with van der Waals surface area (Å²) in [5, 5.41) is 6.34. The van der Waals surface area contributed by atoms with Crippen LogP contribution >= 0.6 is 0 Å². The first-order chi connectivity index (χ1) is 15.6. The fourth-order valence-electron chi connectivity index (χ4n) is 4.55. The fraction of sp³-hybridized carbons (Fsp3) is 0.192. The van der Waals surface area contributed by atoms with Crippen LogP contribution < -0.4 is 0 Å². The number of hydrogen-bond acceptors (Lipinski definition) is 3. The minimum Gasteiger partial charge on any atom is -0.267 e. The Morgan fingerprint density at radius 2 is 1.59 bits per heavy atom. The molecule has 6 heteroatoms. The number of allylic oxidation sites excluding steroid dienone is 1. The highest BCUT2D eigenvalue weighted by Crippen LogP contribution is 2.44. The van der Waals surface area contributed by atoms with Gasteiger partial charge in [0, 0.05) is 23.9 Å². The fourth-order valence-corrected chi connectivity index (χ4v) is 4.55. The monoisotopic (exact) mass is 429 g/mol. The van der Waals surface area contributed by atoms with Gasteiger partial charge in [-0.15, -0.1) is 0 Å². The molecule has 2 aromatic carbocycles. The lowest BCUT2D eigenvalue weighted by molar-refractivity contribution is 0.0680. The van der Waals surface area contributed by atoms with E-state index in [1.807, 2.05) is 6.08 Å². The molecule has 1 saturated carbocycles. The first-order valence-electron chi connectivity index (χ1n) is 10.6. The normalized spacial score (nSPS) is 21.4. The molecule has 2 heterocycles. The number of benzene rings is 2. The maximum Gasteiger partial charge on any atom is 0.274 e. The van der Waals surface area contributed by atoms with Crippen molar-refractivity contribution < 1.29 is 13.6 Å². The Hall–Kier alpha value is -3.67. The molecule has 0 bridgehead atoms. The smallest absolute Gasteiger partial charge is 0.267 e. The third kappa shape index (κ3) is 3.84. The molecule has 1 fully saturated rings. The van der Waals surface area contributed by atoms with Crippen LogP contribution in [0.3, 0.4) is 0 Å². The first kappa shape index (κ1) is 20.2. The lowest BCUT2D eigenvalue weighted by Gasteiger charge is -2.29. The Labute approximate surface area is 184 Å². The average molecular weight is 429 g/mol. The van der Waals surface area contributed by atoms with Crippen molar-refractivity contribution in [2.45, 2.75) is 25.3 Å². The van der Waals surface area contributed by atoms with E-state index >= 15 is 0 Å². The van der Waals surface area contributed by atoms with E-state index in [2.05, 4.69) is 4.98 Å². The third-order valence-corrected chi connectivity index (χ3v) is 6.06. The molecule has 4 nitrogen and oxygen atoms in total. The highest BCUT2D eigenvalue weighted by atomic mass is 19.1. The Morgan fingerprint density at radius 3 is 2.28 bits per heavy atom. The lowest BCUT2D eigenvalue weighted by atomic mass is 9.77. The summed E-state index contributed by atoms with van der Waals surface area (Å²) in [6, 6.07) is 15.6. The molecule has 1 aromatic heterocycles. The standard InChI is InChI=1S/C26H21F2N3O/c27-21-8-4-17(5-9-21)16-20-2-1-3-23-24(20)30-31(26(32)19-12-14-29-15-13-19)25(23)18-6-10-22(28)11-7-18/h4-16,23,25H,1-3H2/b20-16+/t23-,25-/m1/s1. The van der Waals surface area contributed by atoms with Gasteiger partial charge in [-0.2, -0.15) is 5.10 Å². The molecule has 1 aliphatic heterocycles. The van der Waals surface area contributed by atoms with Crippen molar-refractivity contribution in [1.29, 1.82) is 0 Å². The van der Waals surface area contributed by atoms with Gasteiger partial charge < -0.3 is 0 Å². The molecule has 32 heavy (non-hydrogen) atoms. The Bertz CT molecular complexity index is 1190. The van der Waals surface area contributed by atoms with Crippen molar-refractivity contribution in [3.63, 3.8) is 0 Å². The van der Waals surface area contributed by atoms with Gasteiger partial charge in [-0.1, -0.05) is 24.3 Å². The number of carbonyl (C=O) groups excluding carboxylic acids is 1. The largest absolute Gasteiger partial charge is 0.274 e. The Balaban J connectivity index is 1.57. The van der Waals surface area contributed by atoms with Crippen LogP contribution in [0, 0.1) is 17.6 Å². The van der Waals surface area contributed by atoms with E-state index in [-0.39, 0.29) is 29.5 Å². The van der Waals surface area contributed by atoms with Gasteiger partial charge in [-0.25, -0.2) is 13.8 Å². The molecule has 0 unspecified atom stereocenters. The molecule has 0 radical (unpaired) electrons. The number of pyridine rings is 1. The molecule has 1 aliphatic carbocycles. The maximum absolute atomic E-state index is 13.6. The number of nitrogens with zero attached hydrogens (tertiary/aromatic N) is 3. The quantitative estimate of drug-likeness (QED) is 0.529. The van der Waals surface area contributed by atoms with Crippen molar-refractivity contribution in [3.05, 3.63) is 107 Å². The van der Waals surface area contributed by atoms with Crippen molar-refractivity contribution >= 4 is 17.7 Å². The summed E-state index contributed by atoms with van der Waals surface area (Å²) in [5.41, 5.74) is 4.16. The molecule has 1 amide bonds. The molecular formula is C26H21F2N3O. The zero-order valence-corrected chi connectivity index (χ0v) is 17.3. The van der Waals surface area contributed by atoms with Crippen LogP contribution in [-0.4, -0.2) is 21.6 Å². The summed E-state index contributed by atoms with van der Waals surface area (Å²) < 4.78 is 26.9. The third-order valence-electron chi connectivity index (χ3n) is 6.06. The van der Waals surface area contributed by atoms with E-state index in [4.69, 9.17) is 5.10 Å². The molecule has 0 spiro atoms. The lowest BCUT2D eigenvalue weighted by Crippen LogP contribution is -2.31. The Kier molecular flexibility index (Phi) is 5.35. The molecule has 3 aromatic rings. The predicted molar refractivity (Wildman–Crippen MR) is 119 cm³/mol. The SMILES string of the molecule is O=C(c1ccncc1)N1N=C2/C(=C/c3ccc(F)cc3)CCC[C@H]2[C@H]1c1ccc(F)cc1. The van der Waals surface area contributed by atoms with Crippen LogP contribution in [0.2, 0.25) is 0 Å². The number of amides is 1. The minimum absolute atomic E-state index is 0.00620. The van der Waals surface area contributed by atoms with Crippen LogP contribution in [0.15, 0.2) is 83.7 Å². The second-order valence-electron chi connectivity index (χ2n) is 8.09. The zero-order valence-electron chi connectivity index (χ0n) is 17.3. The molecule has 0 saturated heterocycles. The maximum atomic E-state index is 13.6. The summed E-state index contributed by atoms with van der Waals surface area (Å²) in [5.74, 6) is -0.811. The predicted octanol–water partition coefficient (Wildman–Crippen LogP) is 5.80. The van der Waals surface area contributed by atoms with E-state index in [0.717, 1.165) is 41.7 Å². The number of aromatic nitrogens is 1. The Morgan fingerprint density at radius 1 is 0.938 bits per heavy atom. The molecule has 5 rings (SSSR count). The van der Waals surface area contributed by atoms with Crippen LogP contribution in [0.4, 0.5) is 8.78 Å². The molecular weight excluding hydrogens is 408 g/mol.